The third-order valence-electron chi connectivity index (χ3n) is 4.32. The number of rotatable bonds is 4. The monoisotopic (exact) mass is 248 g/mol. The predicted molar refractivity (Wildman–Crippen MR) is 58.7 cm³/mol. The minimum atomic E-state index is -1.14. The third-order valence-corrected chi connectivity index (χ3v) is 4.32. The Hall–Kier alpha value is -1.65. The number of hydrogen-bond donors (Lipinski definition) is 0. The van der Waals surface area contributed by atoms with Gasteiger partial charge in [0.1, 0.15) is 0 Å². The maximum absolute atomic E-state index is 12.2. The molecule has 4 atom stereocenters. The van der Waals surface area contributed by atoms with Crippen molar-refractivity contribution in [2.45, 2.75) is 19.3 Å². The highest BCUT2D eigenvalue weighted by molar-refractivity contribution is 6.06. The lowest BCUT2D eigenvalue weighted by molar-refractivity contribution is -0.305. The minimum absolute atomic E-state index is 0.111. The van der Waals surface area contributed by atoms with Crippen LogP contribution in [0.1, 0.15) is 19.3 Å². The van der Waals surface area contributed by atoms with Crippen molar-refractivity contribution in [1.29, 1.82) is 0 Å². The van der Waals surface area contributed by atoms with Gasteiger partial charge in [0.05, 0.1) is 11.8 Å². The van der Waals surface area contributed by atoms with E-state index in [0.717, 1.165) is 6.42 Å². The van der Waals surface area contributed by atoms with Crippen molar-refractivity contribution in [2.24, 2.45) is 23.7 Å². The van der Waals surface area contributed by atoms with E-state index < -0.39 is 5.97 Å². The fraction of sp³-hybridized carbons (Fsp3) is 0.615. The van der Waals surface area contributed by atoms with Crippen molar-refractivity contribution in [1.82, 2.24) is 4.90 Å². The van der Waals surface area contributed by atoms with E-state index in [1.165, 1.54) is 4.90 Å². The first-order valence-electron chi connectivity index (χ1n) is 6.33. The van der Waals surface area contributed by atoms with E-state index >= 15 is 0 Å². The number of carbonyl (C=O) groups excluding carboxylic acids is 3. The largest absolute Gasteiger partial charge is 0.550 e. The molecule has 1 saturated carbocycles. The number of amides is 2. The summed E-state index contributed by atoms with van der Waals surface area (Å²) in [7, 11) is 0. The topological polar surface area (TPSA) is 77.5 Å². The molecule has 2 amide bonds. The number of carboxylic acids is 1. The van der Waals surface area contributed by atoms with Crippen LogP contribution in [-0.4, -0.2) is 29.2 Å². The van der Waals surface area contributed by atoms with E-state index in [4.69, 9.17) is 0 Å². The number of fused-ring (bicyclic) bond motifs is 5. The maximum atomic E-state index is 12.2. The van der Waals surface area contributed by atoms with Gasteiger partial charge in [-0.2, -0.15) is 0 Å². The smallest absolute Gasteiger partial charge is 0.233 e. The summed E-state index contributed by atoms with van der Waals surface area (Å²) in [6.07, 6.45) is 5.17. The summed E-state index contributed by atoms with van der Waals surface area (Å²) < 4.78 is 0. The third kappa shape index (κ3) is 1.50. The van der Waals surface area contributed by atoms with Gasteiger partial charge < -0.3 is 9.90 Å². The Morgan fingerprint density at radius 3 is 2.28 bits per heavy atom. The summed E-state index contributed by atoms with van der Waals surface area (Å²) in [6.45, 7) is 0.206. The lowest BCUT2D eigenvalue weighted by Gasteiger charge is -2.17. The summed E-state index contributed by atoms with van der Waals surface area (Å²) in [5, 5.41) is 10.3. The van der Waals surface area contributed by atoms with Gasteiger partial charge in [-0.15, -0.1) is 0 Å². The Morgan fingerprint density at radius 2 is 1.78 bits per heavy atom. The van der Waals surface area contributed by atoms with Crippen LogP contribution in [0.5, 0.6) is 0 Å². The van der Waals surface area contributed by atoms with E-state index in [1.807, 2.05) is 12.2 Å². The molecule has 2 bridgehead atoms. The first kappa shape index (κ1) is 11.4. The van der Waals surface area contributed by atoms with Crippen LogP contribution < -0.4 is 5.11 Å². The number of nitrogens with zero attached hydrogens (tertiary/aromatic N) is 1. The average Bonchev–Trinajstić information content (AvgIpc) is 2.97. The Balaban J connectivity index is 1.70. The molecule has 5 nitrogen and oxygen atoms in total. The number of aliphatic carboxylic acids is 1. The molecule has 0 aromatic heterocycles. The van der Waals surface area contributed by atoms with E-state index in [0.29, 0.717) is 0 Å². The van der Waals surface area contributed by atoms with Gasteiger partial charge in [0.2, 0.25) is 11.8 Å². The molecule has 96 valence electrons. The number of hydrogen-bond acceptors (Lipinski definition) is 4. The first-order valence-corrected chi connectivity index (χ1v) is 6.33. The van der Waals surface area contributed by atoms with Crippen molar-refractivity contribution < 1.29 is 19.5 Å². The molecular formula is C13H14NO4-. The Labute approximate surface area is 104 Å². The quantitative estimate of drug-likeness (QED) is 0.488. The second-order valence-corrected chi connectivity index (χ2v) is 5.30. The fourth-order valence-corrected chi connectivity index (χ4v) is 3.57. The molecule has 0 radical (unpaired) electrons. The first-order chi connectivity index (χ1) is 8.59. The maximum Gasteiger partial charge on any atom is 0.233 e. The van der Waals surface area contributed by atoms with Gasteiger partial charge in [0, 0.05) is 12.5 Å². The van der Waals surface area contributed by atoms with Gasteiger partial charge in [0.15, 0.2) is 0 Å². The average molecular weight is 248 g/mol. The van der Waals surface area contributed by atoms with Gasteiger partial charge in [-0.3, -0.25) is 14.5 Å². The van der Waals surface area contributed by atoms with Crippen molar-refractivity contribution in [2.75, 3.05) is 6.54 Å². The van der Waals surface area contributed by atoms with Gasteiger partial charge in [-0.05, 0) is 31.1 Å². The normalized spacial score (nSPS) is 36.6. The Bertz CT molecular complexity index is 426. The zero-order valence-corrected chi connectivity index (χ0v) is 9.87. The standard InChI is InChI=1S/C13H15NO4/c15-9(16)2-1-5-14-12(17)10-7-3-4-8(6-7)11(10)13(14)18/h3-4,7-8,10-11H,1-2,5-6H2,(H,15,16)/p-1/t7-,8+,10-,11-/m0/s1. The number of allylic oxidation sites excluding steroid dienone is 2. The summed E-state index contributed by atoms with van der Waals surface area (Å²) in [4.78, 5) is 35.9. The fourth-order valence-electron chi connectivity index (χ4n) is 3.57. The lowest BCUT2D eigenvalue weighted by atomic mass is 9.85. The second-order valence-electron chi connectivity index (χ2n) is 5.30. The highest BCUT2D eigenvalue weighted by atomic mass is 16.4. The van der Waals surface area contributed by atoms with E-state index in [9.17, 15) is 19.5 Å². The highest BCUT2D eigenvalue weighted by Gasteiger charge is 2.58. The van der Waals surface area contributed by atoms with Crippen molar-refractivity contribution >= 4 is 17.8 Å². The van der Waals surface area contributed by atoms with E-state index in [1.54, 1.807) is 0 Å². The van der Waals surface area contributed by atoms with Gasteiger partial charge in [-0.25, -0.2) is 0 Å². The molecule has 5 heteroatoms. The SMILES string of the molecule is O=C([O-])CCCN1C(=O)[C@@H]2[C@@H](C1=O)[C@H]1C=C[C@@H]2C1. The van der Waals surface area contributed by atoms with Crippen LogP contribution >= 0.6 is 0 Å². The number of imide groups is 1. The molecule has 3 rings (SSSR count). The molecule has 3 aliphatic rings. The number of likely N-dealkylation sites (tertiary alicyclic amines) is 1. The zero-order valence-electron chi connectivity index (χ0n) is 9.87. The molecule has 18 heavy (non-hydrogen) atoms. The summed E-state index contributed by atoms with van der Waals surface area (Å²) >= 11 is 0. The lowest BCUT2D eigenvalue weighted by Crippen LogP contribution is -2.34. The molecule has 1 aliphatic heterocycles. The van der Waals surface area contributed by atoms with Gasteiger partial charge >= 0.3 is 0 Å². The molecule has 0 unspecified atom stereocenters. The van der Waals surface area contributed by atoms with E-state index in [2.05, 4.69) is 0 Å². The van der Waals surface area contributed by atoms with Crippen LogP contribution in [0.4, 0.5) is 0 Å². The van der Waals surface area contributed by atoms with Crippen LogP contribution in [0.15, 0.2) is 12.2 Å². The number of carboxylic acid groups (broad SMARTS) is 1. The van der Waals surface area contributed by atoms with Crippen LogP contribution in [0.2, 0.25) is 0 Å². The molecule has 0 N–H and O–H groups in total. The predicted octanol–water partition coefficient (Wildman–Crippen LogP) is -0.676. The Morgan fingerprint density at radius 1 is 1.22 bits per heavy atom. The van der Waals surface area contributed by atoms with Crippen molar-refractivity contribution in [3.05, 3.63) is 12.2 Å². The molecule has 2 fully saturated rings. The van der Waals surface area contributed by atoms with Crippen molar-refractivity contribution in [3.63, 3.8) is 0 Å². The van der Waals surface area contributed by atoms with Crippen LogP contribution in [0.3, 0.4) is 0 Å². The molecule has 1 heterocycles. The minimum Gasteiger partial charge on any atom is -0.550 e. The molecule has 0 spiro atoms. The van der Waals surface area contributed by atoms with Crippen molar-refractivity contribution in [3.8, 4) is 0 Å². The highest BCUT2D eigenvalue weighted by Crippen LogP contribution is 2.52. The Kier molecular flexibility index (Phi) is 2.50. The molecule has 0 aromatic rings. The van der Waals surface area contributed by atoms with E-state index in [-0.39, 0.29) is 54.9 Å². The molecule has 2 aliphatic carbocycles. The summed E-state index contributed by atoms with van der Waals surface area (Å²) in [5.41, 5.74) is 0. The summed E-state index contributed by atoms with van der Waals surface area (Å²) in [5.74, 6) is -1.31. The molecule has 1 saturated heterocycles. The number of carbonyl (C=O) groups is 3. The van der Waals surface area contributed by atoms with Gasteiger partial charge in [-0.1, -0.05) is 12.2 Å². The van der Waals surface area contributed by atoms with Gasteiger partial charge in [0.25, 0.3) is 0 Å². The zero-order chi connectivity index (χ0) is 12.9. The van der Waals surface area contributed by atoms with Crippen LogP contribution in [0, 0.1) is 23.7 Å². The summed E-state index contributed by atoms with van der Waals surface area (Å²) in [6, 6.07) is 0. The second kappa shape index (κ2) is 3.93. The molecular weight excluding hydrogens is 234 g/mol. The van der Waals surface area contributed by atoms with Crippen LogP contribution in [-0.2, 0) is 14.4 Å². The molecule has 0 aromatic carbocycles. The van der Waals surface area contributed by atoms with Crippen LogP contribution in [0.25, 0.3) is 0 Å².